The molecule has 3 nitrogen and oxygen atoms in total. The maximum absolute atomic E-state index is 6.19. The average Bonchev–Trinajstić information content (AvgIpc) is 3.25. The van der Waals surface area contributed by atoms with E-state index in [2.05, 4.69) is 62.3 Å². The van der Waals surface area contributed by atoms with Gasteiger partial charge in [-0.15, -0.1) is 0 Å². The average molecular weight is 544 g/mol. The van der Waals surface area contributed by atoms with Crippen molar-refractivity contribution in [3.05, 3.63) is 83.6 Å². The summed E-state index contributed by atoms with van der Waals surface area (Å²) in [7, 11) is 0. The van der Waals surface area contributed by atoms with Crippen LogP contribution >= 0.6 is 0 Å². The van der Waals surface area contributed by atoms with Crippen LogP contribution in [0.1, 0.15) is 16.7 Å². The van der Waals surface area contributed by atoms with E-state index in [4.69, 9.17) is 4.42 Å². The molecule has 0 unspecified atom stereocenters. The Bertz CT molecular complexity index is 1290. The van der Waals surface area contributed by atoms with Gasteiger partial charge in [0.15, 0.2) is 0 Å². The molecule has 0 saturated carbocycles. The van der Waals surface area contributed by atoms with Crippen molar-refractivity contribution in [2.24, 2.45) is 0 Å². The molecule has 4 heteroatoms. The molecule has 141 valence electrons. The van der Waals surface area contributed by atoms with E-state index in [9.17, 15) is 0 Å². The SMILES string of the molecule is Cc1cc(C)c(-c2ccnn2-c2[c-]ccc3c2oc2ccccc23)c(C)c1.[Ir]. The number of furan rings is 1. The zero-order valence-electron chi connectivity index (χ0n) is 15.9. The molecule has 0 fully saturated rings. The molecule has 0 spiro atoms. The number of hydrogen-bond acceptors (Lipinski definition) is 2. The Balaban J connectivity index is 0.00000192. The van der Waals surface area contributed by atoms with E-state index in [1.165, 1.54) is 22.3 Å². The Morgan fingerprint density at radius 2 is 1.68 bits per heavy atom. The number of hydrogen-bond donors (Lipinski definition) is 0. The molecular formula is C24H19IrN2O-. The van der Waals surface area contributed by atoms with Gasteiger partial charge in [-0.3, -0.25) is 4.68 Å². The zero-order valence-corrected chi connectivity index (χ0v) is 18.3. The largest absolute Gasteiger partial charge is 0.513 e. The molecule has 0 atom stereocenters. The van der Waals surface area contributed by atoms with Crippen LogP contribution in [-0.4, -0.2) is 9.78 Å². The fourth-order valence-electron chi connectivity index (χ4n) is 4.09. The summed E-state index contributed by atoms with van der Waals surface area (Å²) < 4.78 is 8.13. The number of benzene rings is 3. The first kappa shape index (κ1) is 18.7. The van der Waals surface area contributed by atoms with E-state index < -0.39 is 0 Å². The van der Waals surface area contributed by atoms with Crippen molar-refractivity contribution in [2.45, 2.75) is 20.8 Å². The molecule has 5 aromatic rings. The van der Waals surface area contributed by atoms with Crippen molar-refractivity contribution in [3.8, 4) is 16.9 Å². The normalized spacial score (nSPS) is 11.1. The van der Waals surface area contributed by atoms with Crippen LogP contribution in [0.3, 0.4) is 0 Å². The van der Waals surface area contributed by atoms with Crippen LogP contribution in [0.15, 0.2) is 65.2 Å². The van der Waals surface area contributed by atoms with Crippen LogP contribution in [0.2, 0.25) is 0 Å². The number of para-hydroxylation sites is 1. The summed E-state index contributed by atoms with van der Waals surface area (Å²) in [6, 6.07) is 21.9. The van der Waals surface area contributed by atoms with Crippen LogP contribution in [0, 0.1) is 26.8 Å². The maximum atomic E-state index is 6.19. The van der Waals surface area contributed by atoms with Crippen LogP contribution < -0.4 is 0 Å². The summed E-state index contributed by atoms with van der Waals surface area (Å²) in [5, 5.41) is 6.81. The molecule has 2 aromatic heterocycles. The molecule has 0 bridgehead atoms. The van der Waals surface area contributed by atoms with Gasteiger partial charge in [-0.25, -0.2) is 0 Å². The Morgan fingerprint density at radius 1 is 0.929 bits per heavy atom. The summed E-state index contributed by atoms with van der Waals surface area (Å²) in [5.41, 5.74) is 8.54. The van der Waals surface area contributed by atoms with Gasteiger partial charge >= 0.3 is 0 Å². The molecule has 0 aliphatic carbocycles. The number of fused-ring (bicyclic) bond motifs is 3. The van der Waals surface area contributed by atoms with Crippen molar-refractivity contribution in [1.82, 2.24) is 9.78 Å². The topological polar surface area (TPSA) is 31.0 Å². The fraction of sp³-hybridized carbons (Fsp3) is 0.125. The minimum Gasteiger partial charge on any atom is -0.513 e. The predicted octanol–water partition coefficient (Wildman–Crippen LogP) is 6.16. The summed E-state index contributed by atoms with van der Waals surface area (Å²) in [6.45, 7) is 6.43. The van der Waals surface area contributed by atoms with E-state index >= 15 is 0 Å². The summed E-state index contributed by atoms with van der Waals surface area (Å²) >= 11 is 0. The van der Waals surface area contributed by atoms with Gasteiger partial charge in [-0.05, 0) is 49.7 Å². The first-order valence-corrected chi connectivity index (χ1v) is 9.08. The maximum Gasteiger partial charge on any atom is 0.116 e. The second kappa shape index (κ2) is 7.05. The first-order chi connectivity index (χ1) is 13.1. The quantitative estimate of drug-likeness (QED) is 0.250. The minimum atomic E-state index is 0. The molecule has 0 N–H and O–H groups in total. The molecule has 1 radical (unpaired) electrons. The Kier molecular flexibility index (Phi) is 4.70. The standard InChI is InChI=1S/C24H19N2O.Ir/c1-15-13-16(2)23(17(3)14-15)20-11-12-25-26(20)21-9-6-8-19-18-7-4-5-10-22(18)27-24(19)21;/h4-8,10-14H,1-3H3;/q-1;. The van der Waals surface area contributed by atoms with Crippen molar-refractivity contribution in [2.75, 3.05) is 0 Å². The molecule has 0 aliphatic heterocycles. The van der Waals surface area contributed by atoms with E-state index in [1.807, 2.05) is 35.1 Å². The second-order valence-corrected chi connectivity index (χ2v) is 7.07. The Morgan fingerprint density at radius 3 is 2.46 bits per heavy atom. The van der Waals surface area contributed by atoms with E-state index in [0.717, 1.165) is 33.3 Å². The number of nitrogens with zero attached hydrogens (tertiary/aromatic N) is 2. The molecule has 0 aliphatic rings. The smallest absolute Gasteiger partial charge is 0.116 e. The van der Waals surface area contributed by atoms with Gasteiger partial charge in [0.1, 0.15) is 5.58 Å². The third-order valence-electron chi connectivity index (χ3n) is 5.11. The molecule has 5 rings (SSSR count). The van der Waals surface area contributed by atoms with Crippen LogP contribution in [0.5, 0.6) is 0 Å². The van der Waals surface area contributed by atoms with Gasteiger partial charge in [-0.2, -0.15) is 23.3 Å². The number of aromatic nitrogens is 2. The fourth-order valence-corrected chi connectivity index (χ4v) is 4.09. The van der Waals surface area contributed by atoms with Crippen molar-refractivity contribution in [3.63, 3.8) is 0 Å². The van der Waals surface area contributed by atoms with Crippen molar-refractivity contribution in [1.29, 1.82) is 0 Å². The van der Waals surface area contributed by atoms with E-state index in [1.54, 1.807) is 0 Å². The molecule has 2 heterocycles. The predicted molar refractivity (Wildman–Crippen MR) is 109 cm³/mol. The van der Waals surface area contributed by atoms with Crippen molar-refractivity contribution < 1.29 is 24.5 Å². The molecule has 28 heavy (non-hydrogen) atoms. The number of rotatable bonds is 2. The molecule has 3 aromatic carbocycles. The van der Waals surface area contributed by atoms with Gasteiger partial charge in [0, 0.05) is 42.8 Å². The second-order valence-electron chi connectivity index (χ2n) is 7.07. The summed E-state index contributed by atoms with van der Waals surface area (Å²) in [6.07, 6.45) is 1.84. The zero-order chi connectivity index (χ0) is 18.5. The summed E-state index contributed by atoms with van der Waals surface area (Å²) in [5.74, 6) is 0. The van der Waals surface area contributed by atoms with Crippen LogP contribution in [-0.2, 0) is 20.1 Å². The molecule has 0 saturated heterocycles. The third kappa shape index (κ3) is 2.81. The van der Waals surface area contributed by atoms with Crippen LogP contribution in [0.4, 0.5) is 0 Å². The van der Waals surface area contributed by atoms with E-state index in [-0.39, 0.29) is 20.1 Å². The monoisotopic (exact) mass is 544 g/mol. The van der Waals surface area contributed by atoms with Crippen LogP contribution in [0.25, 0.3) is 38.9 Å². The molecule has 0 amide bonds. The van der Waals surface area contributed by atoms with E-state index in [0.29, 0.717) is 0 Å². The minimum absolute atomic E-state index is 0. The summed E-state index contributed by atoms with van der Waals surface area (Å²) in [4.78, 5) is 0. The first-order valence-electron chi connectivity index (χ1n) is 9.08. The number of aryl methyl sites for hydroxylation is 3. The van der Waals surface area contributed by atoms with Gasteiger partial charge < -0.3 is 4.42 Å². The Labute approximate surface area is 177 Å². The van der Waals surface area contributed by atoms with Gasteiger partial charge in [0.2, 0.25) is 0 Å². The third-order valence-corrected chi connectivity index (χ3v) is 5.11. The van der Waals surface area contributed by atoms with Crippen molar-refractivity contribution >= 4 is 21.9 Å². The van der Waals surface area contributed by atoms with Gasteiger partial charge in [-0.1, -0.05) is 41.3 Å². The van der Waals surface area contributed by atoms with Gasteiger partial charge in [0.25, 0.3) is 0 Å². The molecular weight excluding hydrogens is 524 g/mol. The van der Waals surface area contributed by atoms with Gasteiger partial charge in [0.05, 0.1) is 5.69 Å². The Hall–Kier alpha value is -2.68.